The number of carboxylic acids is 1. The van der Waals surface area contributed by atoms with E-state index < -0.39 is 5.97 Å². The smallest absolute Gasteiger partial charge is 0.300 e. The highest BCUT2D eigenvalue weighted by molar-refractivity contribution is 5.62. The van der Waals surface area contributed by atoms with Crippen LogP contribution in [0.2, 0.25) is 0 Å². The van der Waals surface area contributed by atoms with E-state index in [0.717, 1.165) is 13.3 Å². The van der Waals surface area contributed by atoms with Crippen LogP contribution in [0, 0.1) is 0 Å². The highest BCUT2D eigenvalue weighted by Crippen LogP contribution is 2.04. The third-order valence-corrected chi connectivity index (χ3v) is 1.35. The molecule has 1 aromatic carbocycles. The molecule has 0 aliphatic heterocycles. The molecule has 0 aromatic heterocycles. The average molecular weight is 236 g/mol. The Morgan fingerprint density at radius 3 is 1.82 bits per heavy atom. The van der Waals surface area contributed by atoms with E-state index in [1.807, 2.05) is 13.0 Å². The van der Waals surface area contributed by atoms with Gasteiger partial charge in [0.15, 0.2) is 0 Å². The number of hydrogen-bond donors (Lipinski definition) is 1. The molecule has 0 aliphatic rings. The first-order valence-corrected chi connectivity index (χ1v) is 5.81. The van der Waals surface area contributed by atoms with Gasteiger partial charge in [0.2, 0.25) is 0 Å². The maximum Gasteiger partial charge on any atom is 0.300 e. The topological polar surface area (TPSA) is 37.3 Å². The van der Waals surface area contributed by atoms with E-state index in [9.17, 15) is 0 Å². The predicted molar refractivity (Wildman–Crippen MR) is 74.2 cm³/mol. The lowest BCUT2D eigenvalue weighted by Crippen LogP contribution is -1.82. The Balaban J connectivity index is 0. The van der Waals surface area contributed by atoms with Crippen molar-refractivity contribution in [3.05, 3.63) is 48.0 Å². The van der Waals surface area contributed by atoms with Gasteiger partial charge in [-0.1, -0.05) is 62.8 Å². The summed E-state index contributed by atoms with van der Waals surface area (Å²) < 4.78 is 0. The SMILES string of the molecule is C=C(C)Cc1ccccc1.CC(=O)O.CCC. The van der Waals surface area contributed by atoms with Crippen LogP contribution in [0.5, 0.6) is 0 Å². The highest BCUT2D eigenvalue weighted by Gasteiger charge is 1.88. The molecule has 0 amide bonds. The summed E-state index contributed by atoms with van der Waals surface area (Å²) in [7, 11) is 0. The van der Waals surface area contributed by atoms with E-state index in [1.165, 1.54) is 17.6 Å². The first-order valence-electron chi connectivity index (χ1n) is 5.81. The van der Waals surface area contributed by atoms with E-state index in [2.05, 4.69) is 44.7 Å². The molecular formula is C15H24O2. The molecule has 2 nitrogen and oxygen atoms in total. The summed E-state index contributed by atoms with van der Waals surface area (Å²) in [5, 5.41) is 7.42. The summed E-state index contributed by atoms with van der Waals surface area (Å²) in [4.78, 5) is 9.00. The molecule has 1 N–H and O–H groups in total. The van der Waals surface area contributed by atoms with Crippen molar-refractivity contribution >= 4 is 5.97 Å². The molecule has 0 heterocycles. The molecule has 0 unspecified atom stereocenters. The molecule has 17 heavy (non-hydrogen) atoms. The van der Waals surface area contributed by atoms with Gasteiger partial charge in [-0.15, -0.1) is 0 Å². The summed E-state index contributed by atoms with van der Waals surface area (Å²) in [6.45, 7) is 11.2. The van der Waals surface area contributed by atoms with Crippen LogP contribution in [0.25, 0.3) is 0 Å². The number of allylic oxidation sites excluding steroid dienone is 1. The van der Waals surface area contributed by atoms with Gasteiger partial charge in [0.05, 0.1) is 0 Å². The normalized spacial score (nSPS) is 8.00. The number of carbonyl (C=O) groups is 1. The van der Waals surface area contributed by atoms with Crippen LogP contribution < -0.4 is 0 Å². The first-order chi connectivity index (χ1) is 7.93. The van der Waals surface area contributed by atoms with Crippen molar-refractivity contribution in [1.29, 1.82) is 0 Å². The molecule has 0 saturated heterocycles. The summed E-state index contributed by atoms with van der Waals surface area (Å²) in [5.74, 6) is -0.833. The fourth-order valence-corrected chi connectivity index (χ4v) is 0.944. The zero-order valence-corrected chi connectivity index (χ0v) is 11.4. The van der Waals surface area contributed by atoms with Gasteiger partial charge in [-0.2, -0.15) is 0 Å². The Bertz CT molecular complexity index is 298. The molecule has 0 saturated carbocycles. The maximum atomic E-state index is 9.00. The highest BCUT2D eigenvalue weighted by atomic mass is 16.4. The fourth-order valence-electron chi connectivity index (χ4n) is 0.944. The quantitative estimate of drug-likeness (QED) is 0.777. The Morgan fingerprint density at radius 2 is 1.53 bits per heavy atom. The number of aliphatic carboxylic acids is 1. The Hall–Kier alpha value is -1.57. The number of benzene rings is 1. The number of carboxylic acid groups (broad SMARTS) is 1. The standard InChI is InChI=1S/C10H12.C3H8.C2H4O2/c1-9(2)8-10-6-4-3-5-7-10;1-3-2;1-2(3)4/h3-7H,1,8H2,2H3;3H2,1-2H3;1H3,(H,3,4). The lowest BCUT2D eigenvalue weighted by atomic mass is 10.1. The van der Waals surface area contributed by atoms with E-state index in [4.69, 9.17) is 9.90 Å². The zero-order valence-electron chi connectivity index (χ0n) is 11.4. The van der Waals surface area contributed by atoms with Crippen molar-refractivity contribution in [2.75, 3.05) is 0 Å². The van der Waals surface area contributed by atoms with Gasteiger partial charge in [-0.25, -0.2) is 0 Å². The molecule has 1 rings (SSSR count). The molecule has 1 aromatic rings. The number of hydrogen-bond acceptors (Lipinski definition) is 1. The molecule has 96 valence electrons. The summed E-state index contributed by atoms with van der Waals surface area (Å²) >= 11 is 0. The second kappa shape index (κ2) is 12.5. The van der Waals surface area contributed by atoms with Gasteiger partial charge >= 0.3 is 0 Å². The predicted octanol–water partition coefficient (Wildman–Crippen LogP) is 4.31. The molecule has 0 atom stereocenters. The second-order valence-corrected chi connectivity index (χ2v) is 3.85. The average Bonchev–Trinajstić information content (AvgIpc) is 2.18. The molecule has 0 bridgehead atoms. The van der Waals surface area contributed by atoms with Gasteiger partial charge < -0.3 is 5.11 Å². The van der Waals surface area contributed by atoms with Crippen LogP contribution in [0.1, 0.15) is 39.7 Å². The van der Waals surface area contributed by atoms with Crippen LogP contribution in [-0.4, -0.2) is 11.1 Å². The van der Waals surface area contributed by atoms with E-state index in [0.29, 0.717) is 0 Å². The minimum atomic E-state index is -0.833. The lowest BCUT2D eigenvalue weighted by Gasteiger charge is -1.97. The molecular weight excluding hydrogens is 212 g/mol. The molecule has 2 heteroatoms. The molecule has 0 aliphatic carbocycles. The van der Waals surface area contributed by atoms with Gasteiger partial charge in [0.25, 0.3) is 5.97 Å². The van der Waals surface area contributed by atoms with Crippen LogP contribution in [-0.2, 0) is 11.2 Å². The largest absolute Gasteiger partial charge is 0.481 e. The van der Waals surface area contributed by atoms with E-state index in [1.54, 1.807) is 0 Å². The van der Waals surface area contributed by atoms with E-state index in [-0.39, 0.29) is 0 Å². The second-order valence-electron chi connectivity index (χ2n) is 3.85. The van der Waals surface area contributed by atoms with Crippen LogP contribution in [0.4, 0.5) is 0 Å². The Labute approximate surface area is 105 Å². The van der Waals surface area contributed by atoms with Gasteiger partial charge in [0, 0.05) is 6.92 Å². The summed E-state index contributed by atoms with van der Waals surface area (Å²) in [6, 6.07) is 10.4. The molecule has 0 spiro atoms. The third kappa shape index (κ3) is 20.5. The van der Waals surface area contributed by atoms with Crippen molar-refractivity contribution in [1.82, 2.24) is 0 Å². The third-order valence-electron chi connectivity index (χ3n) is 1.35. The Kier molecular flexibility index (Phi) is 13.1. The monoisotopic (exact) mass is 236 g/mol. The lowest BCUT2D eigenvalue weighted by molar-refractivity contribution is -0.134. The summed E-state index contributed by atoms with van der Waals surface area (Å²) in [5.41, 5.74) is 2.56. The van der Waals surface area contributed by atoms with Crippen LogP contribution in [0.3, 0.4) is 0 Å². The summed E-state index contributed by atoms with van der Waals surface area (Å²) in [6.07, 6.45) is 2.25. The Morgan fingerprint density at radius 1 is 1.18 bits per heavy atom. The van der Waals surface area contributed by atoms with Gasteiger partial charge in [-0.05, 0) is 18.9 Å². The van der Waals surface area contributed by atoms with Crippen LogP contribution >= 0.6 is 0 Å². The zero-order chi connectivity index (χ0) is 13.7. The molecule has 0 fully saturated rings. The van der Waals surface area contributed by atoms with E-state index >= 15 is 0 Å². The minimum absolute atomic E-state index is 0.833. The first kappa shape index (κ1) is 17.8. The van der Waals surface area contributed by atoms with Crippen molar-refractivity contribution in [2.24, 2.45) is 0 Å². The fraction of sp³-hybridized carbons (Fsp3) is 0.400. The van der Waals surface area contributed by atoms with Gasteiger partial charge in [0.1, 0.15) is 0 Å². The van der Waals surface area contributed by atoms with Crippen molar-refractivity contribution in [3.8, 4) is 0 Å². The van der Waals surface area contributed by atoms with Crippen molar-refractivity contribution in [2.45, 2.75) is 40.5 Å². The number of rotatable bonds is 2. The van der Waals surface area contributed by atoms with Gasteiger partial charge in [-0.3, -0.25) is 4.79 Å². The molecule has 0 radical (unpaired) electrons. The maximum absolute atomic E-state index is 9.00. The van der Waals surface area contributed by atoms with Crippen molar-refractivity contribution in [3.63, 3.8) is 0 Å². The van der Waals surface area contributed by atoms with Crippen molar-refractivity contribution < 1.29 is 9.90 Å². The van der Waals surface area contributed by atoms with Crippen LogP contribution in [0.15, 0.2) is 42.5 Å². The minimum Gasteiger partial charge on any atom is -0.481 e.